The van der Waals surface area contributed by atoms with E-state index < -0.39 is 0 Å². The van der Waals surface area contributed by atoms with E-state index in [1.165, 1.54) is 7.11 Å². The van der Waals surface area contributed by atoms with Crippen LogP contribution in [0.15, 0.2) is 30.3 Å². The van der Waals surface area contributed by atoms with E-state index in [2.05, 4.69) is 5.32 Å². The Morgan fingerprint density at radius 2 is 1.74 bits per heavy atom. The lowest BCUT2D eigenvalue weighted by atomic mass is 9.86. The van der Waals surface area contributed by atoms with Crippen LogP contribution in [-0.2, 0) is 9.53 Å². The highest BCUT2D eigenvalue weighted by Crippen LogP contribution is 2.25. The van der Waals surface area contributed by atoms with Crippen molar-refractivity contribution in [1.29, 1.82) is 0 Å². The Kier molecular flexibility index (Phi) is 4.55. The van der Waals surface area contributed by atoms with Crippen molar-refractivity contribution in [3.05, 3.63) is 35.9 Å². The van der Waals surface area contributed by atoms with Crippen molar-refractivity contribution in [2.24, 2.45) is 5.92 Å². The molecule has 4 heteroatoms. The van der Waals surface area contributed by atoms with Gasteiger partial charge < -0.3 is 10.1 Å². The lowest BCUT2D eigenvalue weighted by molar-refractivity contribution is -0.146. The van der Waals surface area contributed by atoms with Gasteiger partial charge in [-0.1, -0.05) is 18.2 Å². The van der Waals surface area contributed by atoms with Gasteiger partial charge in [-0.05, 0) is 37.8 Å². The molecule has 0 radical (unpaired) electrons. The van der Waals surface area contributed by atoms with E-state index in [0.717, 1.165) is 25.7 Å². The molecular formula is C15H19NO3. The minimum absolute atomic E-state index is 0.00474. The molecule has 1 N–H and O–H groups in total. The molecule has 0 unspecified atom stereocenters. The maximum atomic E-state index is 12.0. The molecule has 1 fully saturated rings. The molecule has 1 amide bonds. The average Bonchev–Trinajstić information content (AvgIpc) is 2.48. The minimum atomic E-state index is -0.132. The van der Waals surface area contributed by atoms with Crippen LogP contribution in [0.2, 0.25) is 0 Å². The third-order valence-corrected chi connectivity index (χ3v) is 3.63. The second kappa shape index (κ2) is 6.36. The zero-order valence-corrected chi connectivity index (χ0v) is 11.1. The van der Waals surface area contributed by atoms with Crippen molar-refractivity contribution < 1.29 is 14.3 Å². The number of hydrogen-bond donors (Lipinski definition) is 1. The molecule has 2 rings (SSSR count). The second-order valence-electron chi connectivity index (χ2n) is 4.91. The molecule has 0 bridgehead atoms. The minimum Gasteiger partial charge on any atom is -0.469 e. The quantitative estimate of drug-likeness (QED) is 0.848. The number of carbonyl (C=O) groups excluding carboxylic acids is 2. The van der Waals surface area contributed by atoms with Crippen molar-refractivity contribution in [2.45, 2.75) is 31.7 Å². The molecule has 1 aliphatic carbocycles. The third kappa shape index (κ3) is 3.56. The number of esters is 1. The van der Waals surface area contributed by atoms with Gasteiger partial charge >= 0.3 is 5.97 Å². The molecule has 0 aliphatic heterocycles. The molecule has 0 heterocycles. The molecule has 0 spiro atoms. The molecule has 4 nitrogen and oxygen atoms in total. The van der Waals surface area contributed by atoms with Crippen molar-refractivity contribution in [1.82, 2.24) is 5.32 Å². The van der Waals surface area contributed by atoms with E-state index in [4.69, 9.17) is 4.74 Å². The highest BCUT2D eigenvalue weighted by Gasteiger charge is 2.27. The Balaban J connectivity index is 1.83. The Labute approximate surface area is 113 Å². The number of hydrogen-bond acceptors (Lipinski definition) is 3. The predicted molar refractivity (Wildman–Crippen MR) is 71.7 cm³/mol. The van der Waals surface area contributed by atoms with Gasteiger partial charge in [-0.15, -0.1) is 0 Å². The van der Waals surface area contributed by atoms with Gasteiger partial charge in [0, 0.05) is 11.6 Å². The topological polar surface area (TPSA) is 55.4 Å². The fraction of sp³-hybridized carbons (Fsp3) is 0.467. The number of carbonyl (C=O) groups is 2. The molecular weight excluding hydrogens is 242 g/mol. The van der Waals surface area contributed by atoms with Crippen LogP contribution in [0.1, 0.15) is 36.0 Å². The second-order valence-corrected chi connectivity index (χ2v) is 4.91. The summed E-state index contributed by atoms with van der Waals surface area (Å²) >= 11 is 0. The number of amides is 1. The number of benzene rings is 1. The highest BCUT2D eigenvalue weighted by atomic mass is 16.5. The summed E-state index contributed by atoms with van der Waals surface area (Å²) in [7, 11) is 1.42. The first-order chi connectivity index (χ1) is 9.20. The molecule has 1 aromatic carbocycles. The fourth-order valence-electron chi connectivity index (χ4n) is 2.50. The Hall–Kier alpha value is -1.84. The Bertz CT molecular complexity index is 436. The molecule has 1 aromatic rings. The van der Waals surface area contributed by atoms with Crippen LogP contribution in [0.4, 0.5) is 0 Å². The van der Waals surface area contributed by atoms with Gasteiger partial charge in [0.15, 0.2) is 0 Å². The lowest BCUT2D eigenvalue weighted by Crippen LogP contribution is -2.38. The number of nitrogens with one attached hydrogen (secondary N) is 1. The van der Waals surface area contributed by atoms with Crippen LogP contribution in [0, 0.1) is 5.92 Å². The fourth-order valence-corrected chi connectivity index (χ4v) is 2.50. The first-order valence-electron chi connectivity index (χ1n) is 6.64. The van der Waals surface area contributed by atoms with Crippen LogP contribution in [-0.4, -0.2) is 25.0 Å². The van der Waals surface area contributed by atoms with Gasteiger partial charge in [-0.25, -0.2) is 0 Å². The summed E-state index contributed by atoms with van der Waals surface area (Å²) in [5.74, 6) is -0.176. The van der Waals surface area contributed by atoms with Gasteiger partial charge in [0.2, 0.25) is 0 Å². The van der Waals surface area contributed by atoms with Crippen LogP contribution in [0.3, 0.4) is 0 Å². The summed E-state index contributed by atoms with van der Waals surface area (Å²) in [4.78, 5) is 23.4. The van der Waals surface area contributed by atoms with Gasteiger partial charge in [0.05, 0.1) is 13.0 Å². The van der Waals surface area contributed by atoms with Crippen LogP contribution in [0.25, 0.3) is 0 Å². The van der Waals surface area contributed by atoms with E-state index >= 15 is 0 Å². The summed E-state index contributed by atoms with van der Waals surface area (Å²) in [6.07, 6.45) is 3.23. The normalized spacial score (nSPS) is 22.6. The zero-order valence-electron chi connectivity index (χ0n) is 11.1. The van der Waals surface area contributed by atoms with E-state index in [0.29, 0.717) is 5.56 Å². The average molecular weight is 261 g/mol. The smallest absolute Gasteiger partial charge is 0.308 e. The number of methoxy groups -OCH3 is 1. The van der Waals surface area contributed by atoms with Crippen LogP contribution in [0.5, 0.6) is 0 Å². The summed E-state index contributed by atoms with van der Waals surface area (Å²) < 4.78 is 4.75. The van der Waals surface area contributed by atoms with E-state index in [1.807, 2.05) is 18.2 Å². The molecule has 19 heavy (non-hydrogen) atoms. The van der Waals surface area contributed by atoms with E-state index in [9.17, 15) is 9.59 Å². The zero-order chi connectivity index (χ0) is 13.7. The lowest BCUT2D eigenvalue weighted by Gasteiger charge is -2.27. The van der Waals surface area contributed by atoms with Gasteiger partial charge in [-0.3, -0.25) is 9.59 Å². The summed E-state index contributed by atoms with van der Waals surface area (Å²) in [6, 6.07) is 9.35. The molecule has 1 aliphatic rings. The van der Waals surface area contributed by atoms with Gasteiger partial charge in [-0.2, -0.15) is 0 Å². The molecule has 102 valence electrons. The molecule has 0 atom stereocenters. The first kappa shape index (κ1) is 13.6. The maximum absolute atomic E-state index is 12.0. The van der Waals surface area contributed by atoms with Crippen LogP contribution >= 0.6 is 0 Å². The monoisotopic (exact) mass is 261 g/mol. The highest BCUT2D eigenvalue weighted by molar-refractivity contribution is 5.94. The van der Waals surface area contributed by atoms with Crippen LogP contribution < -0.4 is 5.32 Å². The van der Waals surface area contributed by atoms with Crippen molar-refractivity contribution in [3.8, 4) is 0 Å². The largest absolute Gasteiger partial charge is 0.469 e. The Morgan fingerprint density at radius 1 is 1.11 bits per heavy atom. The maximum Gasteiger partial charge on any atom is 0.308 e. The van der Waals surface area contributed by atoms with E-state index in [-0.39, 0.29) is 23.8 Å². The number of ether oxygens (including phenoxy) is 1. The SMILES string of the molecule is COC(=O)C1CCC(NC(=O)c2ccccc2)CC1. The van der Waals surface area contributed by atoms with Crippen molar-refractivity contribution >= 4 is 11.9 Å². The molecule has 0 saturated heterocycles. The van der Waals surface area contributed by atoms with Gasteiger partial charge in [0.25, 0.3) is 5.91 Å². The van der Waals surface area contributed by atoms with Gasteiger partial charge in [0.1, 0.15) is 0 Å². The standard InChI is InChI=1S/C15H19NO3/c1-19-15(18)12-7-9-13(10-8-12)16-14(17)11-5-3-2-4-6-11/h2-6,12-13H,7-10H2,1H3,(H,16,17). The molecule has 1 saturated carbocycles. The first-order valence-corrected chi connectivity index (χ1v) is 6.64. The summed E-state index contributed by atoms with van der Waals surface area (Å²) in [5, 5.41) is 3.02. The molecule has 0 aromatic heterocycles. The van der Waals surface area contributed by atoms with E-state index in [1.54, 1.807) is 12.1 Å². The predicted octanol–water partition coefficient (Wildman–Crippen LogP) is 2.15. The summed E-state index contributed by atoms with van der Waals surface area (Å²) in [6.45, 7) is 0. The summed E-state index contributed by atoms with van der Waals surface area (Å²) in [5.41, 5.74) is 0.678. The Morgan fingerprint density at radius 3 is 2.32 bits per heavy atom. The number of rotatable bonds is 3. The van der Waals surface area contributed by atoms with Crippen molar-refractivity contribution in [3.63, 3.8) is 0 Å². The third-order valence-electron chi connectivity index (χ3n) is 3.63. The van der Waals surface area contributed by atoms with Crippen molar-refractivity contribution in [2.75, 3.05) is 7.11 Å².